The van der Waals surface area contributed by atoms with Gasteiger partial charge in [-0.25, -0.2) is 4.39 Å². The second-order valence-corrected chi connectivity index (χ2v) is 6.59. The van der Waals surface area contributed by atoms with Crippen molar-refractivity contribution in [1.29, 1.82) is 0 Å². The van der Waals surface area contributed by atoms with Crippen molar-refractivity contribution in [2.75, 3.05) is 0 Å². The van der Waals surface area contributed by atoms with Crippen LogP contribution >= 0.6 is 11.6 Å². The Hall–Kier alpha value is -0.600. The molecule has 1 nitrogen and oxygen atoms in total. The van der Waals surface area contributed by atoms with E-state index in [1.54, 1.807) is 6.07 Å². The molecule has 0 bridgehead atoms. The molecule has 1 aromatic carbocycles. The van der Waals surface area contributed by atoms with Crippen LogP contribution in [-0.4, -0.2) is 10.7 Å². The Bertz CT molecular complexity index is 446. The van der Waals surface area contributed by atoms with Crippen LogP contribution in [0.1, 0.15) is 45.1 Å². The molecule has 1 N–H and O–H groups in total. The van der Waals surface area contributed by atoms with Crippen molar-refractivity contribution >= 4 is 11.6 Å². The first-order valence-corrected chi connectivity index (χ1v) is 7.44. The van der Waals surface area contributed by atoms with Gasteiger partial charge in [0.1, 0.15) is 5.82 Å². The van der Waals surface area contributed by atoms with Crippen LogP contribution in [0.4, 0.5) is 4.39 Å². The molecule has 0 spiro atoms. The molecule has 106 valence electrons. The summed E-state index contributed by atoms with van der Waals surface area (Å²) < 4.78 is 13.4. The van der Waals surface area contributed by atoms with Gasteiger partial charge in [0.05, 0.1) is 10.6 Å². The van der Waals surface area contributed by atoms with Gasteiger partial charge in [0.15, 0.2) is 0 Å². The number of aliphatic hydroxyl groups is 1. The standard InChI is InChI=1S/C16H22ClFO/c1-11(2)12-6-4-8-16(19,9-12)10-13-5-3-7-14(18)15(13)17/h3,5,7,11-12,19H,4,6,8-10H2,1-2H3. The van der Waals surface area contributed by atoms with E-state index >= 15 is 0 Å². The number of halogens is 2. The lowest BCUT2D eigenvalue weighted by molar-refractivity contribution is -0.0239. The number of hydrogen-bond acceptors (Lipinski definition) is 1. The Balaban J connectivity index is 2.14. The number of rotatable bonds is 3. The molecule has 0 radical (unpaired) electrons. The van der Waals surface area contributed by atoms with Gasteiger partial charge in [0, 0.05) is 6.42 Å². The van der Waals surface area contributed by atoms with E-state index in [0.29, 0.717) is 23.8 Å². The zero-order valence-corrected chi connectivity index (χ0v) is 12.4. The highest BCUT2D eigenvalue weighted by atomic mass is 35.5. The molecule has 0 heterocycles. The van der Waals surface area contributed by atoms with Crippen molar-refractivity contribution < 1.29 is 9.50 Å². The first kappa shape index (κ1) is 14.8. The van der Waals surface area contributed by atoms with Crippen molar-refractivity contribution in [2.24, 2.45) is 11.8 Å². The lowest BCUT2D eigenvalue weighted by Crippen LogP contribution is -2.38. The van der Waals surface area contributed by atoms with Gasteiger partial charge in [-0.1, -0.05) is 44.0 Å². The van der Waals surface area contributed by atoms with Crippen molar-refractivity contribution in [3.63, 3.8) is 0 Å². The summed E-state index contributed by atoms with van der Waals surface area (Å²) in [6, 6.07) is 4.82. The second-order valence-electron chi connectivity index (χ2n) is 6.21. The van der Waals surface area contributed by atoms with Gasteiger partial charge < -0.3 is 5.11 Å². The van der Waals surface area contributed by atoms with Crippen molar-refractivity contribution in [3.05, 3.63) is 34.6 Å². The van der Waals surface area contributed by atoms with E-state index in [1.165, 1.54) is 12.5 Å². The van der Waals surface area contributed by atoms with Crippen molar-refractivity contribution in [1.82, 2.24) is 0 Å². The minimum atomic E-state index is -0.732. The van der Waals surface area contributed by atoms with E-state index in [0.717, 1.165) is 19.3 Å². The highest BCUT2D eigenvalue weighted by molar-refractivity contribution is 6.31. The molecule has 2 atom stereocenters. The third kappa shape index (κ3) is 3.49. The molecular formula is C16H22ClFO. The molecule has 3 heteroatoms. The summed E-state index contributed by atoms with van der Waals surface area (Å²) in [6.07, 6.45) is 4.23. The number of hydrogen-bond donors (Lipinski definition) is 1. The van der Waals surface area contributed by atoms with Gasteiger partial charge in [-0.15, -0.1) is 0 Å². The Morgan fingerprint density at radius 2 is 2.21 bits per heavy atom. The maximum absolute atomic E-state index is 13.4. The Morgan fingerprint density at radius 3 is 2.89 bits per heavy atom. The molecule has 1 aliphatic carbocycles. The van der Waals surface area contributed by atoms with Crippen molar-refractivity contribution in [3.8, 4) is 0 Å². The maximum Gasteiger partial charge on any atom is 0.142 e. The highest BCUT2D eigenvalue weighted by Gasteiger charge is 2.36. The molecule has 1 saturated carbocycles. The second kappa shape index (κ2) is 5.80. The third-order valence-corrected chi connectivity index (χ3v) is 4.78. The van der Waals surface area contributed by atoms with Crippen LogP contribution in [-0.2, 0) is 6.42 Å². The quantitative estimate of drug-likeness (QED) is 0.860. The van der Waals surface area contributed by atoms with E-state index in [2.05, 4.69) is 13.8 Å². The van der Waals surface area contributed by atoms with Crippen LogP contribution in [0.25, 0.3) is 0 Å². The van der Waals surface area contributed by atoms with Gasteiger partial charge in [-0.2, -0.15) is 0 Å². The van der Waals surface area contributed by atoms with Crippen LogP contribution in [0.2, 0.25) is 5.02 Å². The van der Waals surface area contributed by atoms with E-state index in [4.69, 9.17) is 11.6 Å². The zero-order valence-electron chi connectivity index (χ0n) is 11.6. The molecule has 19 heavy (non-hydrogen) atoms. The minimum absolute atomic E-state index is 0.155. The summed E-state index contributed by atoms with van der Waals surface area (Å²) in [6.45, 7) is 4.40. The molecule has 1 aliphatic rings. The van der Waals surface area contributed by atoms with Gasteiger partial charge in [-0.05, 0) is 42.7 Å². The summed E-state index contributed by atoms with van der Waals surface area (Å²) in [4.78, 5) is 0. The minimum Gasteiger partial charge on any atom is -0.390 e. The fourth-order valence-corrected chi connectivity index (χ4v) is 3.35. The van der Waals surface area contributed by atoms with Gasteiger partial charge >= 0.3 is 0 Å². The normalized spacial score (nSPS) is 27.8. The fraction of sp³-hybridized carbons (Fsp3) is 0.625. The Morgan fingerprint density at radius 1 is 1.47 bits per heavy atom. The van der Waals surface area contributed by atoms with Crippen LogP contribution in [0.3, 0.4) is 0 Å². The molecule has 1 fully saturated rings. The Kier molecular flexibility index (Phi) is 4.52. The first-order valence-electron chi connectivity index (χ1n) is 7.06. The summed E-state index contributed by atoms with van der Waals surface area (Å²) in [5.41, 5.74) is -0.0153. The molecular weight excluding hydrogens is 263 g/mol. The van der Waals surface area contributed by atoms with Gasteiger partial charge in [0.2, 0.25) is 0 Å². The lowest BCUT2D eigenvalue weighted by atomic mass is 9.71. The fourth-order valence-electron chi connectivity index (χ4n) is 3.15. The van der Waals surface area contributed by atoms with E-state index in [9.17, 15) is 9.50 Å². The molecule has 0 aromatic heterocycles. The molecule has 2 unspecified atom stereocenters. The lowest BCUT2D eigenvalue weighted by Gasteiger charge is -2.39. The smallest absolute Gasteiger partial charge is 0.142 e. The van der Waals surface area contributed by atoms with Crippen LogP contribution in [0, 0.1) is 17.7 Å². The SMILES string of the molecule is CC(C)C1CCCC(O)(Cc2cccc(F)c2Cl)C1. The predicted octanol–water partition coefficient (Wildman–Crippen LogP) is 4.60. The summed E-state index contributed by atoms with van der Waals surface area (Å²) >= 11 is 5.99. The Labute approximate surface area is 119 Å². The first-order chi connectivity index (χ1) is 8.91. The van der Waals surface area contributed by atoms with Crippen LogP contribution in [0.15, 0.2) is 18.2 Å². The summed E-state index contributed by atoms with van der Waals surface area (Å²) in [5.74, 6) is 0.722. The topological polar surface area (TPSA) is 20.2 Å². The van der Waals surface area contributed by atoms with Gasteiger partial charge in [-0.3, -0.25) is 0 Å². The molecule has 2 rings (SSSR count). The zero-order chi connectivity index (χ0) is 14.0. The number of benzene rings is 1. The van der Waals surface area contributed by atoms with Crippen LogP contribution in [0.5, 0.6) is 0 Å². The molecule has 0 amide bonds. The van der Waals surface area contributed by atoms with E-state index in [-0.39, 0.29) is 5.02 Å². The molecule has 0 saturated heterocycles. The largest absolute Gasteiger partial charge is 0.390 e. The molecule has 0 aliphatic heterocycles. The third-order valence-electron chi connectivity index (χ3n) is 4.35. The van der Waals surface area contributed by atoms with Gasteiger partial charge in [0.25, 0.3) is 0 Å². The van der Waals surface area contributed by atoms with Crippen LogP contribution < -0.4 is 0 Å². The highest BCUT2D eigenvalue weighted by Crippen LogP contribution is 2.39. The average molecular weight is 285 g/mol. The van der Waals surface area contributed by atoms with E-state index < -0.39 is 11.4 Å². The monoisotopic (exact) mass is 284 g/mol. The summed E-state index contributed by atoms with van der Waals surface area (Å²) in [5, 5.41) is 10.9. The average Bonchev–Trinajstić information content (AvgIpc) is 2.35. The molecule has 1 aromatic rings. The van der Waals surface area contributed by atoms with Crippen molar-refractivity contribution in [2.45, 2.75) is 51.6 Å². The maximum atomic E-state index is 13.4. The summed E-state index contributed by atoms with van der Waals surface area (Å²) in [7, 11) is 0. The van der Waals surface area contributed by atoms with E-state index in [1.807, 2.05) is 6.07 Å². The predicted molar refractivity (Wildman–Crippen MR) is 76.9 cm³/mol.